The van der Waals surface area contributed by atoms with Crippen molar-refractivity contribution in [3.63, 3.8) is 0 Å². The van der Waals surface area contributed by atoms with Crippen LogP contribution >= 0.6 is 0 Å². The van der Waals surface area contributed by atoms with E-state index in [1.807, 2.05) is 0 Å². The summed E-state index contributed by atoms with van der Waals surface area (Å²) in [5, 5.41) is 9.44. The second kappa shape index (κ2) is 2.61. The van der Waals surface area contributed by atoms with Crippen LogP contribution in [-0.4, -0.2) is 24.4 Å². The first kappa shape index (κ1) is 8.93. The van der Waals surface area contributed by atoms with E-state index in [-0.39, 0.29) is 12.0 Å². The lowest BCUT2D eigenvalue weighted by Gasteiger charge is -2.43. The molecule has 3 rings (SSSR count). The van der Waals surface area contributed by atoms with Gasteiger partial charge in [0.1, 0.15) is 0 Å². The number of hydrogen-bond acceptors (Lipinski definition) is 2. The van der Waals surface area contributed by atoms with Crippen LogP contribution in [0, 0.1) is 10.8 Å². The van der Waals surface area contributed by atoms with Crippen molar-refractivity contribution in [2.75, 3.05) is 13.2 Å². The van der Waals surface area contributed by atoms with Crippen LogP contribution in [-0.2, 0) is 4.74 Å². The highest BCUT2D eigenvalue weighted by Gasteiger charge is 2.64. The van der Waals surface area contributed by atoms with Crippen molar-refractivity contribution in [3.8, 4) is 0 Å². The molecule has 0 aromatic heterocycles. The second-order valence-electron chi connectivity index (χ2n) is 5.26. The average Bonchev–Trinajstić information content (AvgIpc) is 2.66. The minimum Gasteiger partial charge on any atom is -0.392 e. The minimum atomic E-state index is 0.199. The molecule has 1 saturated heterocycles. The molecule has 78 valence electrons. The molecule has 3 atom stereocenters. The molecule has 1 N–H and O–H groups in total. The number of ether oxygens (including phenoxy) is 1. The van der Waals surface area contributed by atoms with E-state index in [1.165, 1.54) is 24.8 Å². The van der Waals surface area contributed by atoms with Crippen LogP contribution in [0.1, 0.15) is 32.6 Å². The van der Waals surface area contributed by atoms with Gasteiger partial charge in [-0.3, -0.25) is 0 Å². The third kappa shape index (κ3) is 0.763. The molecule has 1 aliphatic heterocycles. The lowest BCUT2D eigenvalue weighted by Crippen LogP contribution is -2.41. The van der Waals surface area contributed by atoms with Gasteiger partial charge in [0.15, 0.2) is 0 Å². The Bertz CT molecular complexity index is 287. The van der Waals surface area contributed by atoms with E-state index in [4.69, 9.17) is 4.74 Å². The molecule has 1 heterocycles. The van der Waals surface area contributed by atoms with Gasteiger partial charge in [-0.25, -0.2) is 0 Å². The number of aliphatic hydroxyl groups excluding tert-OH is 1. The Morgan fingerprint density at radius 1 is 1.57 bits per heavy atom. The minimum absolute atomic E-state index is 0.199. The summed E-state index contributed by atoms with van der Waals surface area (Å²) in [5.41, 5.74) is 1.77. The molecular weight excluding hydrogens is 176 g/mol. The fourth-order valence-corrected chi connectivity index (χ4v) is 4.01. The van der Waals surface area contributed by atoms with Gasteiger partial charge in [0.2, 0.25) is 0 Å². The molecule has 2 bridgehead atoms. The molecule has 0 aromatic carbocycles. The van der Waals surface area contributed by atoms with Gasteiger partial charge in [-0.15, -0.1) is 0 Å². The maximum atomic E-state index is 9.44. The average molecular weight is 194 g/mol. The smallest absolute Gasteiger partial charge is 0.0648 e. The van der Waals surface area contributed by atoms with E-state index in [0.29, 0.717) is 11.5 Å². The van der Waals surface area contributed by atoms with Crippen LogP contribution in [0.3, 0.4) is 0 Å². The summed E-state index contributed by atoms with van der Waals surface area (Å²) in [7, 11) is 0. The molecule has 0 amide bonds. The Balaban J connectivity index is 2.11. The molecular formula is C12H18O2. The van der Waals surface area contributed by atoms with Gasteiger partial charge < -0.3 is 9.84 Å². The Morgan fingerprint density at radius 2 is 2.43 bits per heavy atom. The first-order valence-electron chi connectivity index (χ1n) is 5.65. The summed E-state index contributed by atoms with van der Waals surface area (Å²) in [6, 6.07) is 0. The fourth-order valence-electron chi connectivity index (χ4n) is 4.01. The van der Waals surface area contributed by atoms with Crippen LogP contribution in [0.15, 0.2) is 11.6 Å². The largest absolute Gasteiger partial charge is 0.392 e. The Kier molecular flexibility index (Phi) is 1.67. The molecule has 2 fully saturated rings. The summed E-state index contributed by atoms with van der Waals surface area (Å²) in [6.45, 7) is 3.44. The van der Waals surface area contributed by atoms with Crippen molar-refractivity contribution in [1.29, 1.82) is 0 Å². The van der Waals surface area contributed by atoms with Crippen LogP contribution in [0.2, 0.25) is 0 Å². The van der Waals surface area contributed by atoms with Crippen LogP contribution in [0.4, 0.5) is 0 Å². The number of aliphatic hydroxyl groups is 1. The predicted octanol–water partition coefficient (Wildman–Crippen LogP) is 1.88. The van der Waals surface area contributed by atoms with E-state index in [9.17, 15) is 5.11 Å². The van der Waals surface area contributed by atoms with Gasteiger partial charge in [0.05, 0.1) is 19.3 Å². The van der Waals surface area contributed by atoms with Crippen molar-refractivity contribution in [3.05, 3.63) is 11.6 Å². The van der Waals surface area contributed by atoms with Crippen LogP contribution in [0.25, 0.3) is 0 Å². The summed E-state index contributed by atoms with van der Waals surface area (Å²) < 4.78 is 5.87. The molecule has 2 aliphatic carbocycles. The molecule has 0 spiro atoms. The zero-order valence-corrected chi connectivity index (χ0v) is 8.75. The topological polar surface area (TPSA) is 29.5 Å². The van der Waals surface area contributed by atoms with Gasteiger partial charge in [-0.2, -0.15) is 0 Å². The maximum absolute atomic E-state index is 9.44. The lowest BCUT2D eigenvalue weighted by atomic mass is 9.59. The highest BCUT2D eigenvalue weighted by Crippen LogP contribution is 2.66. The van der Waals surface area contributed by atoms with Gasteiger partial charge in [0, 0.05) is 10.8 Å². The van der Waals surface area contributed by atoms with E-state index < -0.39 is 0 Å². The van der Waals surface area contributed by atoms with E-state index in [0.717, 1.165) is 13.0 Å². The zero-order valence-electron chi connectivity index (χ0n) is 8.75. The van der Waals surface area contributed by atoms with Gasteiger partial charge >= 0.3 is 0 Å². The Hall–Kier alpha value is -0.340. The summed E-state index contributed by atoms with van der Waals surface area (Å²) in [4.78, 5) is 0. The standard InChI is InChI=1S/C12H18O2/c1-11-5-2-3-9(7-13)12(11)6-4-10(11)14-8-12/h3,10,13H,2,4-8H2,1H3/t10-,11-,12-/m1/s1. The van der Waals surface area contributed by atoms with E-state index in [2.05, 4.69) is 13.0 Å². The molecule has 1 saturated carbocycles. The first-order chi connectivity index (χ1) is 6.73. The summed E-state index contributed by atoms with van der Waals surface area (Å²) in [5.74, 6) is 0. The third-order valence-corrected chi connectivity index (χ3v) is 5.01. The maximum Gasteiger partial charge on any atom is 0.0648 e. The van der Waals surface area contributed by atoms with E-state index in [1.54, 1.807) is 0 Å². The van der Waals surface area contributed by atoms with Crippen molar-refractivity contribution >= 4 is 0 Å². The quantitative estimate of drug-likeness (QED) is 0.646. The zero-order chi connectivity index (χ0) is 9.81. The van der Waals surface area contributed by atoms with Gasteiger partial charge in [-0.05, 0) is 31.3 Å². The van der Waals surface area contributed by atoms with Crippen molar-refractivity contribution < 1.29 is 9.84 Å². The van der Waals surface area contributed by atoms with Crippen molar-refractivity contribution in [1.82, 2.24) is 0 Å². The van der Waals surface area contributed by atoms with Gasteiger partial charge in [-0.1, -0.05) is 13.0 Å². The second-order valence-corrected chi connectivity index (χ2v) is 5.26. The SMILES string of the molecule is C[C@]12CCC=C(CO)[C@]13CC[C@H]2OC3. The molecule has 0 aromatic rings. The lowest BCUT2D eigenvalue weighted by molar-refractivity contribution is 0.0491. The number of rotatable bonds is 1. The number of allylic oxidation sites excluding steroid dienone is 1. The predicted molar refractivity (Wildman–Crippen MR) is 53.9 cm³/mol. The summed E-state index contributed by atoms with van der Waals surface area (Å²) >= 11 is 0. The van der Waals surface area contributed by atoms with Crippen molar-refractivity contribution in [2.45, 2.75) is 38.7 Å². The van der Waals surface area contributed by atoms with E-state index >= 15 is 0 Å². The molecule has 0 unspecified atom stereocenters. The molecule has 2 heteroatoms. The van der Waals surface area contributed by atoms with Crippen molar-refractivity contribution in [2.24, 2.45) is 10.8 Å². The van der Waals surface area contributed by atoms with Crippen LogP contribution in [0.5, 0.6) is 0 Å². The Morgan fingerprint density at radius 3 is 3.07 bits per heavy atom. The third-order valence-electron chi connectivity index (χ3n) is 5.01. The Labute approximate surface area is 85.0 Å². The highest BCUT2D eigenvalue weighted by atomic mass is 16.5. The number of hydrogen-bond donors (Lipinski definition) is 1. The molecule has 0 radical (unpaired) electrons. The molecule has 3 aliphatic rings. The fraction of sp³-hybridized carbons (Fsp3) is 0.833. The van der Waals surface area contributed by atoms with Crippen LogP contribution < -0.4 is 0 Å². The summed E-state index contributed by atoms with van der Waals surface area (Å²) in [6.07, 6.45) is 7.47. The first-order valence-corrected chi connectivity index (χ1v) is 5.65. The van der Waals surface area contributed by atoms with Gasteiger partial charge in [0.25, 0.3) is 0 Å². The molecule has 14 heavy (non-hydrogen) atoms. The highest BCUT2D eigenvalue weighted by molar-refractivity contribution is 5.30. The molecule has 2 nitrogen and oxygen atoms in total. The normalized spacial score (nSPS) is 50.4. The monoisotopic (exact) mass is 194 g/mol.